The topological polar surface area (TPSA) is 98.2 Å². The van der Waals surface area contributed by atoms with E-state index >= 15 is 0 Å². The van der Waals surface area contributed by atoms with Crippen LogP contribution < -0.4 is 16.8 Å². The summed E-state index contributed by atoms with van der Waals surface area (Å²) in [5.41, 5.74) is 10.7. The van der Waals surface area contributed by atoms with Gasteiger partial charge in [0.25, 0.3) is 0 Å². The SMILES string of the molecule is CNCC(CC(=O)C1(N)CCCCC1)C(N)=O. The first-order valence-electron chi connectivity index (χ1n) is 6.25. The lowest BCUT2D eigenvalue weighted by molar-refractivity contribution is -0.130. The van der Waals surface area contributed by atoms with Gasteiger partial charge < -0.3 is 16.8 Å². The Labute approximate surface area is 102 Å². The first kappa shape index (κ1) is 14.1. The predicted octanol–water partition coefficient (Wildman–Crippen LogP) is -0.0719. The van der Waals surface area contributed by atoms with Gasteiger partial charge in [-0.1, -0.05) is 19.3 Å². The van der Waals surface area contributed by atoms with Crippen LogP contribution in [0.25, 0.3) is 0 Å². The molecule has 1 fully saturated rings. The van der Waals surface area contributed by atoms with Crippen LogP contribution in [-0.2, 0) is 9.59 Å². The minimum atomic E-state index is -0.723. The van der Waals surface area contributed by atoms with E-state index < -0.39 is 17.4 Å². The Morgan fingerprint density at radius 2 is 1.88 bits per heavy atom. The predicted molar refractivity (Wildman–Crippen MR) is 66.2 cm³/mol. The Hall–Kier alpha value is -0.940. The number of nitrogens with one attached hydrogen (secondary N) is 1. The van der Waals surface area contributed by atoms with E-state index in [1.165, 1.54) is 0 Å². The van der Waals surface area contributed by atoms with E-state index in [9.17, 15) is 9.59 Å². The van der Waals surface area contributed by atoms with Gasteiger partial charge in [-0.3, -0.25) is 9.59 Å². The van der Waals surface area contributed by atoms with Crippen molar-refractivity contribution in [2.75, 3.05) is 13.6 Å². The van der Waals surface area contributed by atoms with E-state index in [0.717, 1.165) is 32.1 Å². The third kappa shape index (κ3) is 3.78. The number of ketones is 1. The van der Waals surface area contributed by atoms with Crippen molar-refractivity contribution in [1.82, 2.24) is 5.32 Å². The Balaban J connectivity index is 2.59. The molecule has 0 saturated heterocycles. The van der Waals surface area contributed by atoms with Gasteiger partial charge in [-0.25, -0.2) is 0 Å². The highest BCUT2D eigenvalue weighted by Gasteiger charge is 2.36. The molecule has 98 valence electrons. The number of amides is 1. The monoisotopic (exact) mass is 241 g/mol. The van der Waals surface area contributed by atoms with Crippen molar-refractivity contribution in [3.63, 3.8) is 0 Å². The summed E-state index contributed by atoms with van der Waals surface area (Å²) in [5, 5.41) is 2.88. The first-order valence-corrected chi connectivity index (χ1v) is 6.25. The highest BCUT2D eigenvalue weighted by Crippen LogP contribution is 2.28. The third-order valence-electron chi connectivity index (χ3n) is 3.59. The van der Waals surface area contributed by atoms with Crippen LogP contribution in [0.4, 0.5) is 0 Å². The van der Waals surface area contributed by atoms with Crippen LogP contribution in [0.3, 0.4) is 0 Å². The van der Waals surface area contributed by atoms with Crippen molar-refractivity contribution < 1.29 is 9.59 Å². The molecular formula is C12H23N3O2. The number of rotatable bonds is 6. The van der Waals surface area contributed by atoms with Gasteiger partial charge in [0, 0.05) is 13.0 Å². The van der Waals surface area contributed by atoms with Crippen molar-refractivity contribution in [2.45, 2.75) is 44.1 Å². The molecule has 0 spiro atoms. The van der Waals surface area contributed by atoms with Gasteiger partial charge in [-0.15, -0.1) is 0 Å². The number of primary amides is 1. The maximum absolute atomic E-state index is 12.1. The summed E-state index contributed by atoms with van der Waals surface area (Å²) in [7, 11) is 1.74. The minimum absolute atomic E-state index is 0.0174. The Bertz CT molecular complexity index is 285. The van der Waals surface area contributed by atoms with Crippen molar-refractivity contribution in [2.24, 2.45) is 17.4 Å². The molecule has 5 N–H and O–H groups in total. The van der Waals surface area contributed by atoms with Crippen LogP contribution in [0.5, 0.6) is 0 Å². The number of hydrogen-bond acceptors (Lipinski definition) is 4. The lowest BCUT2D eigenvalue weighted by Crippen LogP contribution is -2.51. The van der Waals surface area contributed by atoms with Gasteiger partial charge in [0.1, 0.15) is 0 Å². The first-order chi connectivity index (χ1) is 7.99. The molecule has 0 aliphatic heterocycles. The molecule has 0 aromatic rings. The molecular weight excluding hydrogens is 218 g/mol. The Kier molecular flexibility index (Phi) is 5.08. The van der Waals surface area contributed by atoms with E-state index in [2.05, 4.69) is 5.32 Å². The van der Waals surface area contributed by atoms with E-state index in [1.54, 1.807) is 7.05 Å². The molecule has 0 aromatic carbocycles. The van der Waals surface area contributed by atoms with E-state index in [1.807, 2.05) is 0 Å². The van der Waals surface area contributed by atoms with Crippen molar-refractivity contribution in [1.29, 1.82) is 0 Å². The fraction of sp³-hybridized carbons (Fsp3) is 0.833. The van der Waals surface area contributed by atoms with E-state index in [-0.39, 0.29) is 12.2 Å². The third-order valence-corrected chi connectivity index (χ3v) is 3.59. The van der Waals surface area contributed by atoms with E-state index in [4.69, 9.17) is 11.5 Å². The molecule has 17 heavy (non-hydrogen) atoms. The summed E-state index contributed by atoms with van der Waals surface area (Å²) in [6.07, 6.45) is 4.76. The molecule has 1 atom stereocenters. The molecule has 1 unspecified atom stereocenters. The molecule has 0 aromatic heterocycles. The summed E-state index contributed by atoms with van der Waals surface area (Å²) >= 11 is 0. The lowest BCUT2D eigenvalue weighted by Gasteiger charge is -2.32. The zero-order valence-electron chi connectivity index (χ0n) is 10.5. The van der Waals surface area contributed by atoms with Crippen molar-refractivity contribution in [3.05, 3.63) is 0 Å². The fourth-order valence-corrected chi connectivity index (χ4v) is 2.41. The Morgan fingerprint density at radius 3 is 2.35 bits per heavy atom. The highest BCUT2D eigenvalue weighted by molar-refractivity contribution is 5.92. The van der Waals surface area contributed by atoms with E-state index in [0.29, 0.717) is 6.54 Å². The number of nitrogens with two attached hydrogens (primary N) is 2. The number of Topliss-reactive ketones (excluding diaryl/α,β-unsaturated/α-hetero) is 1. The van der Waals surface area contributed by atoms with Gasteiger partial charge in [0.15, 0.2) is 5.78 Å². The van der Waals surface area contributed by atoms with Crippen LogP contribution >= 0.6 is 0 Å². The number of carbonyl (C=O) groups excluding carboxylic acids is 2. The molecule has 5 heteroatoms. The van der Waals surface area contributed by atoms with Crippen LogP contribution in [0.2, 0.25) is 0 Å². The molecule has 1 amide bonds. The molecule has 0 bridgehead atoms. The zero-order chi connectivity index (χ0) is 12.9. The van der Waals surface area contributed by atoms with Crippen molar-refractivity contribution >= 4 is 11.7 Å². The van der Waals surface area contributed by atoms with Gasteiger partial charge in [-0.2, -0.15) is 0 Å². The van der Waals surface area contributed by atoms with Crippen LogP contribution in [0.15, 0.2) is 0 Å². The van der Waals surface area contributed by atoms with Gasteiger partial charge in [0.2, 0.25) is 5.91 Å². The van der Waals surface area contributed by atoms with Gasteiger partial charge in [-0.05, 0) is 19.9 Å². The molecule has 0 heterocycles. The molecule has 0 radical (unpaired) electrons. The fourth-order valence-electron chi connectivity index (χ4n) is 2.41. The van der Waals surface area contributed by atoms with Crippen LogP contribution in [0, 0.1) is 5.92 Å². The number of carbonyl (C=O) groups is 2. The van der Waals surface area contributed by atoms with Crippen molar-refractivity contribution in [3.8, 4) is 0 Å². The summed E-state index contributed by atoms with van der Waals surface area (Å²) in [4.78, 5) is 23.4. The summed E-state index contributed by atoms with van der Waals surface area (Å²) in [5.74, 6) is -0.904. The van der Waals surface area contributed by atoms with Crippen LogP contribution in [0.1, 0.15) is 38.5 Å². The average molecular weight is 241 g/mol. The molecule has 5 nitrogen and oxygen atoms in total. The second-order valence-corrected chi connectivity index (χ2v) is 5.00. The second-order valence-electron chi connectivity index (χ2n) is 5.00. The molecule has 1 rings (SSSR count). The lowest BCUT2D eigenvalue weighted by atomic mass is 9.77. The standard InChI is InChI=1S/C12H23N3O2/c1-15-8-9(11(13)17)7-10(16)12(14)5-3-2-4-6-12/h9,15H,2-8,14H2,1H3,(H2,13,17). The number of hydrogen-bond donors (Lipinski definition) is 3. The molecule has 1 aliphatic rings. The maximum Gasteiger partial charge on any atom is 0.222 e. The summed E-state index contributed by atoms with van der Waals surface area (Å²) < 4.78 is 0. The normalized spacial score (nSPS) is 20.8. The zero-order valence-corrected chi connectivity index (χ0v) is 10.5. The minimum Gasteiger partial charge on any atom is -0.369 e. The average Bonchev–Trinajstić information content (AvgIpc) is 2.29. The largest absolute Gasteiger partial charge is 0.369 e. The quantitative estimate of drug-likeness (QED) is 0.606. The summed E-state index contributed by atoms with van der Waals surface area (Å²) in [6.45, 7) is 0.428. The molecule has 1 saturated carbocycles. The Morgan fingerprint density at radius 1 is 1.29 bits per heavy atom. The highest BCUT2D eigenvalue weighted by atomic mass is 16.1. The van der Waals surface area contributed by atoms with Gasteiger partial charge in [0.05, 0.1) is 11.5 Å². The maximum atomic E-state index is 12.1. The molecule has 1 aliphatic carbocycles. The smallest absolute Gasteiger partial charge is 0.222 e. The van der Waals surface area contributed by atoms with Crippen LogP contribution in [-0.4, -0.2) is 30.8 Å². The second kappa shape index (κ2) is 6.12. The van der Waals surface area contributed by atoms with Gasteiger partial charge >= 0.3 is 0 Å². The summed E-state index contributed by atoms with van der Waals surface area (Å²) in [6, 6.07) is 0.